The maximum atomic E-state index is 12.1. The lowest BCUT2D eigenvalue weighted by Crippen LogP contribution is -2.38. The number of nitrogens with one attached hydrogen (secondary N) is 1. The molecule has 0 aromatic heterocycles. The lowest BCUT2D eigenvalue weighted by Gasteiger charge is -2.36. The van der Waals surface area contributed by atoms with Crippen LogP contribution in [-0.4, -0.2) is 18.5 Å². The van der Waals surface area contributed by atoms with Crippen molar-refractivity contribution in [1.82, 2.24) is 0 Å². The van der Waals surface area contributed by atoms with Gasteiger partial charge in [0.15, 0.2) is 0 Å². The lowest BCUT2D eigenvalue weighted by molar-refractivity contribution is -0.116. The molecule has 4 nitrogen and oxygen atoms in total. The lowest BCUT2D eigenvalue weighted by atomic mass is 10.0. The standard InChI is InChI=1S/C17H27N3O/c1-12(2)10-17(21)19-15-11-14(18)7-8-16(15)20-9-5-4-6-13(20)3/h7-8,11-13H,4-6,9-10,18H2,1-3H3,(H,19,21). The maximum absolute atomic E-state index is 12.1. The van der Waals surface area contributed by atoms with Crippen molar-refractivity contribution < 1.29 is 4.79 Å². The molecule has 116 valence electrons. The molecule has 1 unspecified atom stereocenters. The molecule has 3 N–H and O–H groups in total. The highest BCUT2D eigenvalue weighted by Gasteiger charge is 2.21. The summed E-state index contributed by atoms with van der Waals surface area (Å²) in [5.41, 5.74) is 8.52. The van der Waals surface area contributed by atoms with E-state index in [1.165, 1.54) is 19.3 Å². The molecule has 2 rings (SSSR count). The summed E-state index contributed by atoms with van der Waals surface area (Å²) >= 11 is 0. The quantitative estimate of drug-likeness (QED) is 0.832. The van der Waals surface area contributed by atoms with Gasteiger partial charge in [-0.15, -0.1) is 0 Å². The fourth-order valence-electron chi connectivity index (χ4n) is 2.93. The van der Waals surface area contributed by atoms with Crippen LogP contribution in [-0.2, 0) is 4.79 Å². The van der Waals surface area contributed by atoms with Crippen molar-refractivity contribution in [2.24, 2.45) is 5.92 Å². The first-order valence-corrected chi connectivity index (χ1v) is 7.93. The van der Waals surface area contributed by atoms with Crippen molar-refractivity contribution in [2.75, 3.05) is 22.5 Å². The summed E-state index contributed by atoms with van der Waals surface area (Å²) in [7, 11) is 0. The molecule has 0 radical (unpaired) electrons. The number of amides is 1. The van der Waals surface area contributed by atoms with Crippen LogP contribution in [0.25, 0.3) is 0 Å². The predicted octanol–water partition coefficient (Wildman–Crippen LogP) is 3.63. The highest BCUT2D eigenvalue weighted by atomic mass is 16.1. The van der Waals surface area contributed by atoms with Crippen molar-refractivity contribution in [3.8, 4) is 0 Å². The third kappa shape index (κ3) is 4.13. The van der Waals surface area contributed by atoms with Gasteiger partial charge in [-0.25, -0.2) is 0 Å². The number of benzene rings is 1. The van der Waals surface area contributed by atoms with E-state index in [4.69, 9.17) is 5.73 Å². The van der Waals surface area contributed by atoms with E-state index in [-0.39, 0.29) is 5.91 Å². The molecule has 1 aromatic carbocycles. The SMILES string of the molecule is CC(C)CC(=O)Nc1cc(N)ccc1N1CCCCC1C. The minimum atomic E-state index is 0.0570. The zero-order valence-corrected chi connectivity index (χ0v) is 13.4. The largest absolute Gasteiger partial charge is 0.399 e. The Morgan fingerprint density at radius 3 is 2.86 bits per heavy atom. The van der Waals surface area contributed by atoms with Crippen LogP contribution in [0.2, 0.25) is 0 Å². The molecule has 0 spiro atoms. The number of carbonyl (C=O) groups excluding carboxylic acids is 1. The van der Waals surface area contributed by atoms with Gasteiger partial charge in [-0.3, -0.25) is 4.79 Å². The molecule has 1 atom stereocenters. The van der Waals surface area contributed by atoms with E-state index in [0.717, 1.165) is 17.9 Å². The highest BCUT2D eigenvalue weighted by molar-refractivity contribution is 5.95. The summed E-state index contributed by atoms with van der Waals surface area (Å²) in [6, 6.07) is 6.31. The van der Waals surface area contributed by atoms with Gasteiger partial charge in [0.1, 0.15) is 0 Å². The summed E-state index contributed by atoms with van der Waals surface area (Å²) in [6.07, 6.45) is 4.21. The number of nitrogens with zero attached hydrogens (tertiary/aromatic N) is 1. The van der Waals surface area contributed by atoms with Crippen LogP contribution < -0.4 is 16.0 Å². The fourth-order valence-corrected chi connectivity index (χ4v) is 2.93. The Bertz CT molecular complexity index is 499. The number of rotatable bonds is 4. The predicted molar refractivity (Wildman–Crippen MR) is 89.6 cm³/mol. The Balaban J connectivity index is 2.22. The smallest absolute Gasteiger partial charge is 0.224 e. The second-order valence-electron chi connectivity index (χ2n) is 6.46. The molecule has 1 amide bonds. The van der Waals surface area contributed by atoms with Gasteiger partial charge in [-0.05, 0) is 50.3 Å². The van der Waals surface area contributed by atoms with Crippen LogP contribution in [0, 0.1) is 5.92 Å². The second-order valence-corrected chi connectivity index (χ2v) is 6.46. The molecule has 21 heavy (non-hydrogen) atoms. The van der Waals surface area contributed by atoms with E-state index in [1.807, 2.05) is 32.0 Å². The molecule has 1 heterocycles. The number of nitrogens with two attached hydrogens (primary N) is 1. The zero-order valence-electron chi connectivity index (χ0n) is 13.4. The first-order valence-electron chi connectivity index (χ1n) is 7.93. The van der Waals surface area contributed by atoms with Crippen molar-refractivity contribution in [2.45, 2.75) is 52.5 Å². The Morgan fingerprint density at radius 2 is 2.19 bits per heavy atom. The van der Waals surface area contributed by atoms with E-state index >= 15 is 0 Å². The minimum absolute atomic E-state index is 0.0570. The Morgan fingerprint density at radius 1 is 1.43 bits per heavy atom. The third-order valence-corrected chi connectivity index (χ3v) is 4.00. The molecule has 0 aliphatic carbocycles. The van der Waals surface area contributed by atoms with Gasteiger partial charge in [0.25, 0.3) is 0 Å². The number of carbonyl (C=O) groups is 1. The maximum Gasteiger partial charge on any atom is 0.224 e. The normalized spacial score (nSPS) is 18.9. The fraction of sp³-hybridized carbons (Fsp3) is 0.588. The average Bonchev–Trinajstić information content (AvgIpc) is 2.39. The zero-order chi connectivity index (χ0) is 15.4. The molecule has 1 aromatic rings. The molecular weight excluding hydrogens is 262 g/mol. The van der Waals surface area contributed by atoms with Gasteiger partial charge in [-0.2, -0.15) is 0 Å². The Hall–Kier alpha value is -1.71. The summed E-state index contributed by atoms with van der Waals surface area (Å²) in [6.45, 7) is 7.38. The second kappa shape index (κ2) is 6.83. The molecule has 1 aliphatic rings. The van der Waals surface area contributed by atoms with E-state index < -0.39 is 0 Å². The van der Waals surface area contributed by atoms with Gasteiger partial charge in [0.05, 0.1) is 11.4 Å². The summed E-state index contributed by atoms with van der Waals surface area (Å²) < 4.78 is 0. The number of nitrogen functional groups attached to an aromatic ring is 1. The van der Waals surface area contributed by atoms with Crippen LogP contribution in [0.3, 0.4) is 0 Å². The van der Waals surface area contributed by atoms with Gasteiger partial charge < -0.3 is 16.0 Å². The molecule has 4 heteroatoms. The van der Waals surface area contributed by atoms with Crippen LogP contribution in [0.15, 0.2) is 18.2 Å². The van der Waals surface area contributed by atoms with Crippen LogP contribution >= 0.6 is 0 Å². The van der Waals surface area contributed by atoms with E-state index in [0.29, 0.717) is 24.1 Å². The molecule has 0 saturated carbocycles. The van der Waals surface area contributed by atoms with E-state index in [2.05, 4.69) is 17.1 Å². The molecule has 1 saturated heterocycles. The number of piperidine rings is 1. The number of hydrogen-bond donors (Lipinski definition) is 2. The van der Waals surface area contributed by atoms with Gasteiger partial charge in [-0.1, -0.05) is 13.8 Å². The van der Waals surface area contributed by atoms with Crippen molar-refractivity contribution in [3.05, 3.63) is 18.2 Å². The monoisotopic (exact) mass is 289 g/mol. The van der Waals surface area contributed by atoms with Crippen molar-refractivity contribution in [1.29, 1.82) is 0 Å². The van der Waals surface area contributed by atoms with Crippen molar-refractivity contribution >= 4 is 23.0 Å². The van der Waals surface area contributed by atoms with Crippen molar-refractivity contribution in [3.63, 3.8) is 0 Å². The van der Waals surface area contributed by atoms with Crippen LogP contribution in [0.1, 0.15) is 46.5 Å². The van der Waals surface area contributed by atoms with Gasteiger partial charge in [0, 0.05) is 24.7 Å². The first kappa shape index (κ1) is 15.7. The highest BCUT2D eigenvalue weighted by Crippen LogP contribution is 2.33. The Labute approximate surface area is 127 Å². The summed E-state index contributed by atoms with van der Waals surface area (Å²) in [5.74, 6) is 0.407. The average molecular weight is 289 g/mol. The number of hydrogen-bond acceptors (Lipinski definition) is 3. The third-order valence-electron chi connectivity index (χ3n) is 4.00. The summed E-state index contributed by atoms with van der Waals surface area (Å²) in [4.78, 5) is 14.5. The van der Waals surface area contributed by atoms with E-state index in [9.17, 15) is 4.79 Å². The topological polar surface area (TPSA) is 58.4 Å². The van der Waals surface area contributed by atoms with Gasteiger partial charge in [0.2, 0.25) is 5.91 Å². The number of anilines is 3. The molecule has 1 fully saturated rings. The van der Waals surface area contributed by atoms with Crippen LogP contribution in [0.4, 0.5) is 17.1 Å². The Kier molecular flexibility index (Phi) is 5.10. The first-order chi connectivity index (χ1) is 9.97. The molecular formula is C17H27N3O. The van der Waals surface area contributed by atoms with Gasteiger partial charge >= 0.3 is 0 Å². The van der Waals surface area contributed by atoms with E-state index in [1.54, 1.807) is 0 Å². The minimum Gasteiger partial charge on any atom is -0.399 e. The summed E-state index contributed by atoms with van der Waals surface area (Å²) in [5, 5.41) is 3.04. The van der Waals surface area contributed by atoms with Crippen LogP contribution in [0.5, 0.6) is 0 Å². The molecule has 1 aliphatic heterocycles. The molecule has 0 bridgehead atoms.